The summed E-state index contributed by atoms with van der Waals surface area (Å²) in [6, 6.07) is 15.3. The van der Waals surface area contributed by atoms with Crippen molar-refractivity contribution in [3.8, 4) is 5.75 Å². The van der Waals surface area contributed by atoms with Gasteiger partial charge in [-0.1, -0.05) is 44.2 Å². The first-order valence-electron chi connectivity index (χ1n) is 10.3. The van der Waals surface area contributed by atoms with Crippen LogP contribution in [0.3, 0.4) is 0 Å². The molecule has 0 saturated carbocycles. The van der Waals surface area contributed by atoms with Crippen molar-refractivity contribution >= 4 is 11.6 Å². The first-order chi connectivity index (χ1) is 13.5. The topological polar surface area (TPSA) is 41.6 Å². The van der Waals surface area contributed by atoms with Gasteiger partial charge in [0.05, 0.1) is 0 Å². The SMILES string of the molecule is Cc1ccc(C(C)C)c(OCC(=O)NCCCN2c3ccccc3C[C@@H]2C)c1. The van der Waals surface area contributed by atoms with E-state index < -0.39 is 0 Å². The zero-order valence-electron chi connectivity index (χ0n) is 17.5. The fraction of sp³-hybridized carbons (Fsp3) is 0.458. The normalized spacial score (nSPS) is 15.6. The molecule has 0 spiro atoms. The Morgan fingerprint density at radius 2 is 2.04 bits per heavy atom. The number of fused-ring (bicyclic) bond motifs is 1. The first kappa shape index (κ1) is 20.2. The van der Waals surface area contributed by atoms with Crippen molar-refractivity contribution in [3.63, 3.8) is 0 Å². The molecular formula is C24H32N2O2. The van der Waals surface area contributed by atoms with E-state index in [0.717, 1.165) is 36.3 Å². The van der Waals surface area contributed by atoms with Crippen LogP contribution in [0.15, 0.2) is 42.5 Å². The lowest BCUT2D eigenvalue weighted by Gasteiger charge is -2.25. The molecule has 4 heteroatoms. The summed E-state index contributed by atoms with van der Waals surface area (Å²) in [5.74, 6) is 1.11. The quantitative estimate of drug-likeness (QED) is 0.688. The zero-order valence-corrected chi connectivity index (χ0v) is 17.5. The first-order valence-corrected chi connectivity index (χ1v) is 10.3. The zero-order chi connectivity index (χ0) is 20.1. The van der Waals surface area contributed by atoms with Gasteiger partial charge < -0.3 is 15.0 Å². The standard InChI is InChI=1S/C24H32N2O2/c1-17(2)21-11-10-18(3)14-23(21)28-16-24(27)25-12-7-13-26-19(4)15-20-8-5-6-9-22(20)26/h5-6,8-11,14,17,19H,7,12-13,15-16H2,1-4H3,(H,25,27)/t19-/m0/s1. The van der Waals surface area contributed by atoms with Gasteiger partial charge in [0.1, 0.15) is 5.75 Å². The Labute approximate surface area is 168 Å². The largest absolute Gasteiger partial charge is 0.483 e. The number of hydrogen-bond donors (Lipinski definition) is 1. The molecule has 1 aliphatic rings. The Balaban J connectivity index is 1.43. The number of carbonyl (C=O) groups is 1. The molecule has 4 nitrogen and oxygen atoms in total. The third kappa shape index (κ3) is 4.86. The maximum absolute atomic E-state index is 12.2. The van der Waals surface area contributed by atoms with Crippen LogP contribution in [0.4, 0.5) is 5.69 Å². The molecule has 1 aliphatic heterocycles. The van der Waals surface area contributed by atoms with Gasteiger partial charge in [-0.3, -0.25) is 4.79 Å². The summed E-state index contributed by atoms with van der Waals surface area (Å²) < 4.78 is 5.81. The Morgan fingerprint density at radius 1 is 1.25 bits per heavy atom. The highest BCUT2D eigenvalue weighted by molar-refractivity contribution is 5.77. The van der Waals surface area contributed by atoms with Crippen LogP contribution in [-0.2, 0) is 11.2 Å². The molecule has 150 valence electrons. The van der Waals surface area contributed by atoms with E-state index >= 15 is 0 Å². The predicted octanol–water partition coefficient (Wildman–Crippen LogP) is 4.45. The fourth-order valence-corrected chi connectivity index (χ4v) is 3.89. The number of anilines is 1. The predicted molar refractivity (Wildman–Crippen MR) is 115 cm³/mol. The summed E-state index contributed by atoms with van der Waals surface area (Å²) >= 11 is 0. The van der Waals surface area contributed by atoms with E-state index in [2.05, 4.69) is 67.4 Å². The third-order valence-electron chi connectivity index (χ3n) is 5.40. The average molecular weight is 381 g/mol. The molecule has 0 aromatic heterocycles. The minimum atomic E-state index is -0.0638. The molecule has 1 N–H and O–H groups in total. The molecule has 0 aliphatic carbocycles. The lowest BCUT2D eigenvalue weighted by molar-refractivity contribution is -0.123. The average Bonchev–Trinajstić information content (AvgIpc) is 2.98. The van der Waals surface area contributed by atoms with E-state index in [0.29, 0.717) is 18.5 Å². The molecule has 1 amide bonds. The van der Waals surface area contributed by atoms with Crippen LogP contribution in [-0.4, -0.2) is 31.6 Å². The molecular weight excluding hydrogens is 348 g/mol. The molecule has 0 unspecified atom stereocenters. The van der Waals surface area contributed by atoms with Gasteiger partial charge >= 0.3 is 0 Å². The summed E-state index contributed by atoms with van der Waals surface area (Å²) in [5.41, 5.74) is 5.04. The summed E-state index contributed by atoms with van der Waals surface area (Å²) in [4.78, 5) is 14.6. The maximum Gasteiger partial charge on any atom is 0.257 e. The molecule has 1 atom stereocenters. The number of benzene rings is 2. The van der Waals surface area contributed by atoms with Gasteiger partial charge in [0.2, 0.25) is 0 Å². The van der Waals surface area contributed by atoms with Gasteiger partial charge in [0.25, 0.3) is 5.91 Å². The number of carbonyl (C=O) groups excluding carboxylic acids is 1. The minimum Gasteiger partial charge on any atom is -0.483 e. The number of para-hydroxylation sites is 1. The van der Waals surface area contributed by atoms with E-state index in [-0.39, 0.29) is 12.5 Å². The van der Waals surface area contributed by atoms with E-state index in [9.17, 15) is 4.79 Å². The summed E-state index contributed by atoms with van der Waals surface area (Å²) in [6.07, 6.45) is 2.02. The molecule has 2 aromatic rings. The fourth-order valence-electron chi connectivity index (χ4n) is 3.89. The Bertz CT molecular complexity index is 816. The Hall–Kier alpha value is -2.49. The van der Waals surface area contributed by atoms with Crippen LogP contribution >= 0.6 is 0 Å². The van der Waals surface area contributed by atoms with Gasteiger partial charge in [0.15, 0.2) is 6.61 Å². The lowest BCUT2D eigenvalue weighted by Crippen LogP contribution is -2.34. The highest BCUT2D eigenvalue weighted by Crippen LogP contribution is 2.31. The second kappa shape index (κ2) is 9.13. The van der Waals surface area contributed by atoms with Crippen LogP contribution in [0.2, 0.25) is 0 Å². The highest BCUT2D eigenvalue weighted by atomic mass is 16.5. The van der Waals surface area contributed by atoms with Crippen LogP contribution in [0.1, 0.15) is 49.8 Å². The molecule has 0 fully saturated rings. The van der Waals surface area contributed by atoms with Crippen molar-refractivity contribution < 1.29 is 9.53 Å². The molecule has 0 saturated heterocycles. The van der Waals surface area contributed by atoms with Crippen molar-refractivity contribution in [1.29, 1.82) is 0 Å². The van der Waals surface area contributed by atoms with Crippen molar-refractivity contribution in [1.82, 2.24) is 5.32 Å². The van der Waals surface area contributed by atoms with E-state index in [1.54, 1.807) is 0 Å². The number of nitrogens with zero attached hydrogens (tertiary/aromatic N) is 1. The summed E-state index contributed by atoms with van der Waals surface area (Å²) in [6.45, 7) is 10.2. The van der Waals surface area contributed by atoms with Gasteiger partial charge in [-0.2, -0.15) is 0 Å². The Morgan fingerprint density at radius 3 is 2.82 bits per heavy atom. The number of hydrogen-bond acceptors (Lipinski definition) is 3. The van der Waals surface area contributed by atoms with Crippen LogP contribution in [0, 0.1) is 6.92 Å². The third-order valence-corrected chi connectivity index (χ3v) is 5.40. The smallest absolute Gasteiger partial charge is 0.257 e. The van der Waals surface area contributed by atoms with Gasteiger partial charge in [0, 0.05) is 24.8 Å². The van der Waals surface area contributed by atoms with Crippen molar-refractivity contribution in [2.24, 2.45) is 0 Å². The second-order valence-corrected chi connectivity index (χ2v) is 8.06. The highest BCUT2D eigenvalue weighted by Gasteiger charge is 2.24. The molecule has 1 heterocycles. The summed E-state index contributed by atoms with van der Waals surface area (Å²) in [5, 5.41) is 2.99. The minimum absolute atomic E-state index is 0.0616. The van der Waals surface area contributed by atoms with Crippen molar-refractivity contribution in [2.45, 2.75) is 52.5 Å². The van der Waals surface area contributed by atoms with Crippen molar-refractivity contribution in [3.05, 3.63) is 59.2 Å². The van der Waals surface area contributed by atoms with E-state index in [4.69, 9.17) is 4.74 Å². The Kier molecular flexibility index (Phi) is 6.61. The second-order valence-electron chi connectivity index (χ2n) is 8.06. The summed E-state index contributed by atoms with van der Waals surface area (Å²) in [7, 11) is 0. The van der Waals surface area contributed by atoms with E-state index in [1.165, 1.54) is 11.3 Å². The number of amides is 1. The number of nitrogens with one attached hydrogen (secondary N) is 1. The number of ether oxygens (including phenoxy) is 1. The van der Waals surface area contributed by atoms with Gasteiger partial charge in [-0.15, -0.1) is 0 Å². The molecule has 2 aromatic carbocycles. The van der Waals surface area contributed by atoms with Gasteiger partial charge in [-0.25, -0.2) is 0 Å². The van der Waals surface area contributed by atoms with Crippen LogP contribution < -0.4 is 15.0 Å². The van der Waals surface area contributed by atoms with Crippen LogP contribution in [0.5, 0.6) is 5.75 Å². The monoisotopic (exact) mass is 380 g/mol. The van der Waals surface area contributed by atoms with Crippen molar-refractivity contribution in [2.75, 3.05) is 24.6 Å². The number of aryl methyl sites for hydroxylation is 1. The lowest BCUT2D eigenvalue weighted by atomic mass is 10.0. The molecule has 28 heavy (non-hydrogen) atoms. The maximum atomic E-state index is 12.2. The number of rotatable bonds is 8. The molecule has 0 radical (unpaired) electrons. The van der Waals surface area contributed by atoms with Gasteiger partial charge in [-0.05, 0) is 61.4 Å². The molecule has 0 bridgehead atoms. The van der Waals surface area contributed by atoms with Crippen LogP contribution in [0.25, 0.3) is 0 Å². The molecule has 3 rings (SSSR count). The van der Waals surface area contributed by atoms with E-state index in [1.807, 2.05) is 13.0 Å².